The summed E-state index contributed by atoms with van der Waals surface area (Å²) in [7, 11) is 0. The van der Waals surface area contributed by atoms with Gasteiger partial charge in [-0.2, -0.15) is 0 Å². The molecule has 0 radical (unpaired) electrons. The Morgan fingerprint density at radius 1 is 0.897 bits per heavy atom. The van der Waals surface area contributed by atoms with Crippen LogP contribution in [0.1, 0.15) is 51.0 Å². The molecule has 39 heavy (non-hydrogen) atoms. The van der Waals surface area contributed by atoms with Gasteiger partial charge >= 0.3 is 0 Å². The van der Waals surface area contributed by atoms with Crippen molar-refractivity contribution in [1.82, 2.24) is 15.2 Å². The first-order chi connectivity index (χ1) is 18.9. The molecule has 5 nitrogen and oxygen atoms in total. The van der Waals surface area contributed by atoms with E-state index >= 15 is 0 Å². The van der Waals surface area contributed by atoms with Crippen LogP contribution >= 0.6 is 0 Å². The summed E-state index contributed by atoms with van der Waals surface area (Å²) in [5.41, 5.74) is 9.35. The smallest absolute Gasteiger partial charge is 0.251 e. The van der Waals surface area contributed by atoms with Crippen molar-refractivity contribution in [2.75, 3.05) is 13.1 Å². The lowest BCUT2D eigenvalue weighted by Gasteiger charge is -2.32. The third kappa shape index (κ3) is 6.92. The monoisotopic (exact) mass is 519 g/mol. The fourth-order valence-corrected chi connectivity index (χ4v) is 5.35. The average molecular weight is 520 g/mol. The molecule has 0 atom stereocenters. The Morgan fingerprint density at radius 3 is 2.21 bits per heavy atom. The van der Waals surface area contributed by atoms with Crippen molar-refractivity contribution in [3.8, 4) is 17.0 Å². The average Bonchev–Trinajstić information content (AvgIpc) is 2.96. The molecule has 0 aliphatic carbocycles. The highest BCUT2D eigenvalue weighted by Crippen LogP contribution is 2.23. The molecule has 1 amide bonds. The van der Waals surface area contributed by atoms with Crippen LogP contribution in [0.25, 0.3) is 11.1 Å². The largest absolute Gasteiger partial charge is 0.474 e. The highest BCUT2D eigenvalue weighted by Gasteiger charge is 2.22. The van der Waals surface area contributed by atoms with E-state index in [0.717, 1.165) is 49.2 Å². The summed E-state index contributed by atoms with van der Waals surface area (Å²) in [6.07, 6.45) is 3.95. The van der Waals surface area contributed by atoms with Crippen LogP contribution in [-0.2, 0) is 13.1 Å². The number of aromatic nitrogens is 1. The number of pyridine rings is 1. The minimum Gasteiger partial charge on any atom is -0.474 e. The van der Waals surface area contributed by atoms with Crippen LogP contribution in [0.3, 0.4) is 0 Å². The molecule has 0 saturated carbocycles. The fraction of sp³-hybridized carbons (Fsp3) is 0.294. The maximum absolute atomic E-state index is 12.6. The Labute approximate surface area is 231 Å². The molecule has 2 heterocycles. The Bertz CT molecular complexity index is 1370. The molecule has 0 spiro atoms. The lowest BCUT2D eigenvalue weighted by Crippen LogP contribution is -2.38. The molecule has 5 rings (SSSR count). The lowest BCUT2D eigenvalue weighted by molar-refractivity contribution is 0.0930. The van der Waals surface area contributed by atoms with Gasteiger partial charge in [0, 0.05) is 44.0 Å². The predicted octanol–water partition coefficient (Wildman–Crippen LogP) is 6.65. The number of hydrogen-bond acceptors (Lipinski definition) is 4. The Morgan fingerprint density at radius 2 is 1.56 bits per heavy atom. The van der Waals surface area contributed by atoms with E-state index in [4.69, 9.17) is 4.74 Å². The van der Waals surface area contributed by atoms with Crippen LogP contribution < -0.4 is 10.1 Å². The van der Waals surface area contributed by atoms with Gasteiger partial charge in [-0.15, -0.1) is 0 Å². The van der Waals surface area contributed by atoms with Crippen LogP contribution in [-0.4, -0.2) is 35.0 Å². The van der Waals surface area contributed by atoms with Crippen molar-refractivity contribution in [2.45, 2.75) is 52.8 Å². The second-order valence-corrected chi connectivity index (χ2v) is 10.6. The fourth-order valence-electron chi connectivity index (χ4n) is 5.35. The zero-order valence-electron chi connectivity index (χ0n) is 23.1. The van der Waals surface area contributed by atoms with Crippen molar-refractivity contribution in [2.24, 2.45) is 0 Å². The number of ether oxygens (including phenoxy) is 1. The second kappa shape index (κ2) is 12.3. The van der Waals surface area contributed by atoms with E-state index in [1.54, 1.807) is 6.20 Å². The van der Waals surface area contributed by atoms with E-state index in [9.17, 15) is 4.79 Å². The number of benzene rings is 3. The van der Waals surface area contributed by atoms with Crippen molar-refractivity contribution in [1.29, 1.82) is 0 Å². The lowest BCUT2D eigenvalue weighted by atomic mass is 9.98. The highest BCUT2D eigenvalue weighted by molar-refractivity contribution is 5.94. The third-order valence-electron chi connectivity index (χ3n) is 7.55. The first-order valence-corrected chi connectivity index (χ1v) is 13.8. The summed E-state index contributed by atoms with van der Waals surface area (Å²) >= 11 is 0. The standard InChI is InChI=1S/C34H37N3O2/c1-24-19-25(2)32(26(3)20-24)23-37-17-15-31(16-18-37)39-33-14-9-27(21-35-33)22-36-34(38)30-12-10-29(11-13-30)28-7-5-4-6-8-28/h4-14,19-21,31H,15-18,22-23H2,1-3H3,(H,36,38). The SMILES string of the molecule is Cc1cc(C)c(CN2CCC(Oc3ccc(CNC(=O)c4ccc(-c5ccccc5)cc4)cn3)CC2)c(C)c1. The second-order valence-electron chi connectivity index (χ2n) is 10.6. The highest BCUT2D eigenvalue weighted by atomic mass is 16.5. The van der Waals surface area contributed by atoms with Gasteiger partial charge in [-0.3, -0.25) is 9.69 Å². The molecule has 1 fully saturated rings. The normalized spacial score (nSPS) is 14.2. The molecule has 1 aliphatic heterocycles. The molecule has 1 N–H and O–H groups in total. The summed E-state index contributed by atoms with van der Waals surface area (Å²) in [4.78, 5) is 19.7. The van der Waals surface area contributed by atoms with Crippen molar-refractivity contribution < 1.29 is 9.53 Å². The van der Waals surface area contributed by atoms with E-state index in [1.807, 2.05) is 54.6 Å². The van der Waals surface area contributed by atoms with Gasteiger partial charge in [-0.1, -0.05) is 66.2 Å². The summed E-state index contributed by atoms with van der Waals surface area (Å²) in [5.74, 6) is 0.544. The van der Waals surface area contributed by atoms with Crippen LogP contribution in [0, 0.1) is 20.8 Å². The Kier molecular flexibility index (Phi) is 8.38. The first kappa shape index (κ1) is 26.6. The topological polar surface area (TPSA) is 54.5 Å². The number of carbonyl (C=O) groups excluding carboxylic acids is 1. The molecule has 0 unspecified atom stereocenters. The van der Waals surface area contributed by atoms with Gasteiger partial charge in [-0.05, 0) is 79.1 Å². The van der Waals surface area contributed by atoms with Gasteiger partial charge in [0.15, 0.2) is 0 Å². The molecule has 1 saturated heterocycles. The maximum Gasteiger partial charge on any atom is 0.251 e. The van der Waals surface area contributed by atoms with E-state index in [-0.39, 0.29) is 12.0 Å². The van der Waals surface area contributed by atoms with Gasteiger partial charge in [0.05, 0.1) is 0 Å². The van der Waals surface area contributed by atoms with Crippen LogP contribution in [0.15, 0.2) is 85.1 Å². The van der Waals surface area contributed by atoms with Gasteiger partial charge < -0.3 is 10.1 Å². The Balaban J connectivity index is 1.07. The Hall–Kier alpha value is -3.96. The molecule has 1 aromatic heterocycles. The molecule has 4 aromatic rings. The van der Waals surface area contributed by atoms with Crippen LogP contribution in [0.5, 0.6) is 5.88 Å². The van der Waals surface area contributed by atoms with Crippen molar-refractivity contribution in [3.63, 3.8) is 0 Å². The minimum absolute atomic E-state index is 0.0993. The van der Waals surface area contributed by atoms with E-state index < -0.39 is 0 Å². The number of hydrogen-bond donors (Lipinski definition) is 1. The van der Waals surface area contributed by atoms with Gasteiger partial charge in [0.25, 0.3) is 5.91 Å². The zero-order chi connectivity index (χ0) is 27.2. The summed E-state index contributed by atoms with van der Waals surface area (Å²) in [6, 6.07) is 26.3. The van der Waals surface area contributed by atoms with Crippen LogP contribution in [0.2, 0.25) is 0 Å². The summed E-state index contributed by atoms with van der Waals surface area (Å²) in [6.45, 7) is 10.1. The number of rotatable bonds is 8. The molecule has 200 valence electrons. The van der Waals surface area contributed by atoms with Gasteiger partial charge in [0.2, 0.25) is 5.88 Å². The third-order valence-corrected chi connectivity index (χ3v) is 7.55. The van der Waals surface area contributed by atoms with Crippen molar-refractivity contribution >= 4 is 5.91 Å². The van der Waals surface area contributed by atoms with E-state index in [0.29, 0.717) is 18.0 Å². The minimum atomic E-state index is -0.0993. The molecule has 3 aromatic carbocycles. The van der Waals surface area contributed by atoms with Gasteiger partial charge in [-0.25, -0.2) is 4.98 Å². The van der Waals surface area contributed by atoms with Crippen LogP contribution in [0.4, 0.5) is 0 Å². The number of piperidine rings is 1. The number of likely N-dealkylation sites (tertiary alicyclic amines) is 1. The first-order valence-electron chi connectivity index (χ1n) is 13.8. The predicted molar refractivity (Wildman–Crippen MR) is 157 cm³/mol. The number of amides is 1. The number of nitrogens with one attached hydrogen (secondary N) is 1. The summed E-state index contributed by atoms with van der Waals surface area (Å²) in [5, 5.41) is 2.99. The molecular weight excluding hydrogens is 482 g/mol. The molecule has 0 bridgehead atoms. The molecular formula is C34H37N3O2. The van der Waals surface area contributed by atoms with Gasteiger partial charge in [0.1, 0.15) is 6.10 Å². The van der Waals surface area contributed by atoms with E-state index in [1.165, 1.54) is 22.3 Å². The maximum atomic E-state index is 12.6. The molecule has 1 aliphatic rings. The molecule has 5 heteroatoms. The van der Waals surface area contributed by atoms with E-state index in [2.05, 4.69) is 60.2 Å². The van der Waals surface area contributed by atoms with Crippen molar-refractivity contribution in [3.05, 3.63) is 118 Å². The zero-order valence-corrected chi connectivity index (χ0v) is 23.1. The summed E-state index contributed by atoms with van der Waals surface area (Å²) < 4.78 is 6.19. The number of carbonyl (C=O) groups is 1. The quantitative estimate of drug-likeness (QED) is 0.283. The number of aryl methyl sites for hydroxylation is 3. The number of nitrogens with zero attached hydrogens (tertiary/aromatic N) is 2.